The highest BCUT2D eigenvalue weighted by Crippen LogP contribution is 2.27. The lowest BCUT2D eigenvalue weighted by Gasteiger charge is -2.19. The highest BCUT2D eigenvalue weighted by molar-refractivity contribution is 5.95. The molecule has 0 saturated heterocycles. The van der Waals surface area contributed by atoms with E-state index in [4.69, 9.17) is 0 Å². The summed E-state index contributed by atoms with van der Waals surface area (Å²) in [6.45, 7) is 3.88. The summed E-state index contributed by atoms with van der Waals surface area (Å²) in [7, 11) is 3.83. The zero-order valence-electron chi connectivity index (χ0n) is 18.0. The van der Waals surface area contributed by atoms with Gasteiger partial charge in [0.1, 0.15) is 6.61 Å². The van der Waals surface area contributed by atoms with Gasteiger partial charge in [0.05, 0.1) is 17.1 Å². The van der Waals surface area contributed by atoms with E-state index in [9.17, 15) is 14.7 Å². The number of benzene rings is 2. The minimum atomic E-state index is -0.328. The van der Waals surface area contributed by atoms with Crippen LogP contribution < -0.4 is 16.1 Å². The summed E-state index contributed by atoms with van der Waals surface area (Å²) >= 11 is 0. The van der Waals surface area contributed by atoms with Gasteiger partial charge in [-0.25, -0.2) is 4.79 Å². The van der Waals surface area contributed by atoms with Gasteiger partial charge in [0.25, 0.3) is 5.56 Å². The molecule has 2 aromatic carbocycles. The zero-order valence-corrected chi connectivity index (χ0v) is 18.0. The maximum atomic E-state index is 13.3. The van der Waals surface area contributed by atoms with E-state index < -0.39 is 0 Å². The van der Waals surface area contributed by atoms with Gasteiger partial charge in [-0.15, -0.1) is 5.10 Å². The first-order chi connectivity index (χ1) is 14.9. The van der Waals surface area contributed by atoms with Crippen LogP contribution in [0.1, 0.15) is 18.3 Å². The normalized spacial score (nSPS) is 11.3. The fourth-order valence-electron chi connectivity index (χ4n) is 3.85. The van der Waals surface area contributed by atoms with Gasteiger partial charge in [-0.1, -0.05) is 18.2 Å². The second-order valence-corrected chi connectivity index (χ2v) is 7.61. The van der Waals surface area contributed by atoms with Gasteiger partial charge < -0.3 is 10.0 Å². The molecule has 0 atom stereocenters. The fourth-order valence-corrected chi connectivity index (χ4v) is 3.85. The fraction of sp³-hybridized carbons (Fsp3) is 0.261. The van der Waals surface area contributed by atoms with Crippen LogP contribution >= 0.6 is 0 Å². The predicted molar refractivity (Wildman–Crippen MR) is 122 cm³/mol. The molecule has 0 spiro atoms. The van der Waals surface area contributed by atoms with Gasteiger partial charge in [-0.05, 0) is 43.7 Å². The monoisotopic (exact) mass is 419 g/mol. The standard InChI is InChI=1S/C23H25N5O3/c1-5-26-21(14-29)24-28(23(26)31)16-10-11-17-18(12-16)20(25(3)4)13-27(22(17)30)19-9-7-6-8-15(19)2/h6-13,29H,5,14H2,1-4H3. The van der Waals surface area contributed by atoms with Crippen LogP contribution in [0.5, 0.6) is 0 Å². The highest BCUT2D eigenvalue weighted by atomic mass is 16.3. The summed E-state index contributed by atoms with van der Waals surface area (Å²) in [6.07, 6.45) is 1.82. The molecule has 160 valence electrons. The lowest BCUT2D eigenvalue weighted by Crippen LogP contribution is -2.24. The average Bonchev–Trinajstić information content (AvgIpc) is 3.09. The summed E-state index contributed by atoms with van der Waals surface area (Å²) in [5.74, 6) is 0.301. The largest absolute Gasteiger partial charge is 0.388 e. The summed E-state index contributed by atoms with van der Waals surface area (Å²) in [6, 6.07) is 13.0. The van der Waals surface area contributed by atoms with E-state index in [2.05, 4.69) is 5.10 Å². The van der Waals surface area contributed by atoms with Crippen molar-refractivity contribution in [3.05, 3.63) is 80.9 Å². The number of para-hydroxylation sites is 1. The van der Waals surface area contributed by atoms with Crippen molar-refractivity contribution in [1.82, 2.24) is 18.9 Å². The topological polar surface area (TPSA) is 85.3 Å². The molecule has 0 unspecified atom stereocenters. The smallest absolute Gasteiger partial charge is 0.350 e. The maximum absolute atomic E-state index is 13.3. The van der Waals surface area contributed by atoms with Crippen molar-refractivity contribution in [2.45, 2.75) is 27.0 Å². The molecule has 0 radical (unpaired) electrons. The van der Waals surface area contributed by atoms with Gasteiger partial charge in [-0.2, -0.15) is 4.68 Å². The number of hydrogen-bond acceptors (Lipinski definition) is 5. The number of pyridine rings is 1. The van der Waals surface area contributed by atoms with E-state index in [1.54, 1.807) is 22.8 Å². The number of anilines is 1. The quantitative estimate of drug-likeness (QED) is 0.536. The van der Waals surface area contributed by atoms with Gasteiger partial charge in [0.2, 0.25) is 0 Å². The molecule has 0 saturated carbocycles. The van der Waals surface area contributed by atoms with Gasteiger partial charge in [-0.3, -0.25) is 13.9 Å². The van der Waals surface area contributed by atoms with E-state index >= 15 is 0 Å². The molecule has 0 fully saturated rings. The van der Waals surface area contributed by atoms with Gasteiger partial charge in [0.15, 0.2) is 5.82 Å². The summed E-state index contributed by atoms with van der Waals surface area (Å²) < 4.78 is 4.35. The molecule has 2 heterocycles. The number of aliphatic hydroxyl groups excluding tert-OH is 1. The molecular weight excluding hydrogens is 394 g/mol. The average molecular weight is 419 g/mol. The highest BCUT2D eigenvalue weighted by Gasteiger charge is 2.17. The zero-order chi connectivity index (χ0) is 22.3. The molecule has 0 bridgehead atoms. The summed E-state index contributed by atoms with van der Waals surface area (Å²) in [5, 5.41) is 15.1. The Labute approximate surface area is 179 Å². The molecule has 8 nitrogen and oxygen atoms in total. The number of hydrogen-bond donors (Lipinski definition) is 1. The van der Waals surface area contributed by atoms with Crippen LogP contribution in [0.4, 0.5) is 5.69 Å². The van der Waals surface area contributed by atoms with Crippen molar-refractivity contribution >= 4 is 16.5 Å². The number of aryl methyl sites for hydroxylation is 1. The van der Waals surface area contributed by atoms with E-state index in [1.807, 2.05) is 63.3 Å². The third-order valence-corrected chi connectivity index (χ3v) is 5.48. The van der Waals surface area contributed by atoms with Gasteiger partial charge >= 0.3 is 5.69 Å². The number of aliphatic hydroxyl groups is 1. The Hall–Kier alpha value is -3.65. The maximum Gasteiger partial charge on any atom is 0.350 e. The Balaban J connectivity index is 2.00. The third-order valence-electron chi connectivity index (χ3n) is 5.48. The van der Waals surface area contributed by atoms with Crippen LogP contribution in [0.15, 0.2) is 58.3 Å². The number of aromatic nitrogens is 4. The number of rotatable bonds is 5. The molecule has 0 aliphatic carbocycles. The van der Waals surface area contributed by atoms with Crippen molar-refractivity contribution in [1.29, 1.82) is 0 Å². The van der Waals surface area contributed by atoms with Crippen LogP contribution in [0.3, 0.4) is 0 Å². The Morgan fingerprint density at radius 3 is 2.42 bits per heavy atom. The lowest BCUT2D eigenvalue weighted by molar-refractivity contribution is 0.264. The molecule has 2 aromatic heterocycles. The Kier molecular flexibility index (Phi) is 5.24. The molecule has 1 N–H and O–H groups in total. The van der Waals surface area contributed by atoms with Crippen molar-refractivity contribution in [2.75, 3.05) is 19.0 Å². The molecule has 4 aromatic rings. The van der Waals surface area contributed by atoms with Crippen LogP contribution in [-0.4, -0.2) is 38.1 Å². The number of nitrogens with zero attached hydrogens (tertiary/aromatic N) is 5. The van der Waals surface area contributed by atoms with Crippen molar-refractivity contribution < 1.29 is 5.11 Å². The minimum absolute atomic E-state index is 0.135. The summed E-state index contributed by atoms with van der Waals surface area (Å²) in [5.41, 5.74) is 2.74. The molecule has 4 rings (SSSR count). The van der Waals surface area contributed by atoms with Gasteiger partial charge in [0, 0.05) is 37.6 Å². The summed E-state index contributed by atoms with van der Waals surface area (Å²) in [4.78, 5) is 28.0. The second kappa shape index (κ2) is 7.88. The predicted octanol–water partition coefficient (Wildman–Crippen LogP) is 2.22. The first-order valence-corrected chi connectivity index (χ1v) is 10.1. The second-order valence-electron chi connectivity index (χ2n) is 7.61. The SMILES string of the molecule is CCn1c(CO)nn(-c2ccc3c(=O)n(-c4ccccc4C)cc(N(C)C)c3c2)c1=O. The van der Waals surface area contributed by atoms with E-state index in [1.165, 1.54) is 9.25 Å². The lowest BCUT2D eigenvalue weighted by atomic mass is 10.1. The minimum Gasteiger partial charge on any atom is -0.388 e. The molecule has 0 amide bonds. The molecule has 0 aliphatic rings. The van der Waals surface area contributed by atoms with E-state index in [0.717, 1.165) is 22.3 Å². The number of fused-ring (bicyclic) bond motifs is 1. The molecular formula is C23H25N5O3. The van der Waals surface area contributed by atoms with Crippen LogP contribution in [0, 0.1) is 6.92 Å². The Morgan fingerprint density at radius 2 is 1.81 bits per heavy atom. The first-order valence-electron chi connectivity index (χ1n) is 10.1. The van der Waals surface area contributed by atoms with Crippen LogP contribution in [0.25, 0.3) is 22.1 Å². The molecule has 0 aliphatic heterocycles. The van der Waals surface area contributed by atoms with Crippen molar-refractivity contribution in [3.63, 3.8) is 0 Å². The first kappa shape index (κ1) is 20.6. The molecule has 8 heteroatoms. The van der Waals surface area contributed by atoms with Crippen molar-refractivity contribution in [2.24, 2.45) is 0 Å². The Bertz CT molecular complexity index is 1390. The van der Waals surface area contributed by atoms with E-state index in [-0.39, 0.29) is 17.9 Å². The van der Waals surface area contributed by atoms with Crippen LogP contribution in [0.2, 0.25) is 0 Å². The van der Waals surface area contributed by atoms with Crippen LogP contribution in [-0.2, 0) is 13.2 Å². The van der Waals surface area contributed by atoms with E-state index in [0.29, 0.717) is 23.4 Å². The van der Waals surface area contributed by atoms with Crippen molar-refractivity contribution in [3.8, 4) is 11.4 Å². The Morgan fingerprint density at radius 1 is 1.06 bits per heavy atom. The third kappa shape index (κ3) is 3.34. The molecule has 31 heavy (non-hydrogen) atoms.